The van der Waals surface area contributed by atoms with E-state index in [1.807, 2.05) is 12.1 Å². The predicted molar refractivity (Wildman–Crippen MR) is 92.1 cm³/mol. The average molecular weight is 356 g/mol. The Morgan fingerprint density at radius 3 is 2.64 bits per heavy atom. The van der Waals surface area contributed by atoms with Crippen LogP contribution in [0.15, 0.2) is 56.8 Å². The zero-order valence-electron chi connectivity index (χ0n) is 12.5. The molecule has 3 heterocycles. The van der Waals surface area contributed by atoms with Crippen molar-refractivity contribution in [2.75, 3.05) is 10.7 Å². The smallest absolute Gasteiger partial charge is 0.245 e. The Kier molecular flexibility index (Phi) is 3.97. The monoisotopic (exact) mass is 355 g/mol. The average Bonchev–Trinajstić information content (AvgIpc) is 3.26. The van der Waals surface area contributed by atoms with E-state index in [0.29, 0.717) is 22.4 Å². The van der Waals surface area contributed by atoms with Crippen LogP contribution < -0.4 is 10.7 Å². The summed E-state index contributed by atoms with van der Waals surface area (Å²) in [6.45, 7) is 0. The lowest BCUT2D eigenvalue weighted by atomic mass is 10.3. The Hall–Kier alpha value is -3.46. The number of anilines is 3. The molecular weight excluding hydrogens is 346 g/mol. The summed E-state index contributed by atoms with van der Waals surface area (Å²) in [4.78, 5) is 8.62. The highest BCUT2D eigenvalue weighted by Crippen LogP contribution is 2.25. The highest BCUT2D eigenvalue weighted by atomic mass is 35.5. The minimum atomic E-state index is 0.257. The van der Waals surface area contributed by atoms with E-state index < -0.39 is 0 Å². The molecule has 3 aromatic heterocycles. The van der Waals surface area contributed by atoms with Crippen LogP contribution in [0, 0.1) is 0 Å². The minimum Gasteiger partial charge on any atom is -0.463 e. The van der Waals surface area contributed by atoms with Gasteiger partial charge in [-0.3, -0.25) is 5.43 Å². The van der Waals surface area contributed by atoms with Gasteiger partial charge in [0.05, 0.1) is 12.5 Å². The summed E-state index contributed by atoms with van der Waals surface area (Å²) in [6.07, 6.45) is 3.07. The van der Waals surface area contributed by atoms with Gasteiger partial charge in [-0.15, -0.1) is 0 Å². The molecule has 4 rings (SSSR count). The summed E-state index contributed by atoms with van der Waals surface area (Å²) in [5.74, 6) is 1.32. The van der Waals surface area contributed by atoms with Crippen LogP contribution in [0.1, 0.15) is 5.76 Å². The number of aromatic nitrogens is 4. The summed E-state index contributed by atoms with van der Waals surface area (Å²) in [7, 11) is 0. The van der Waals surface area contributed by atoms with Crippen molar-refractivity contribution in [2.24, 2.45) is 5.10 Å². The molecule has 0 aliphatic rings. The first-order valence-corrected chi connectivity index (χ1v) is 7.51. The second-order valence-electron chi connectivity index (χ2n) is 4.85. The quantitative estimate of drug-likeness (QED) is 0.413. The summed E-state index contributed by atoms with van der Waals surface area (Å²) >= 11 is 6.01. The van der Waals surface area contributed by atoms with Crippen LogP contribution in [0.5, 0.6) is 0 Å². The Labute approximate surface area is 145 Å². The van der Waals surface area contributed by atoms with Crippen LogP contribution in [-0.2, 0) is 0 Å². The molecule has 10 heteroatoms. The summed E-state index contributed by atoms with van der Waals surface area (Å²) < 4.78 is 9.83. The van der Waals surface area contributed by atoms with Crippen molar-refractivity contribution in [1.82, 2.24) is 20.3 Å². The van der Waals surface area contributed by atoms with Crippen molar-refractivity contribution in [3.63, 3.8) is 0 Å². The van der Waals surface area contributed by atoms with Crippen molar-refractivity contribution in [2.45, 2.75) is 0 Å². The molecule has 9 nitrogen and oxygen atoms in total. The van der Waals surface area contributed by atoms with Crippen LogP contribution in [0.2, 0.25) is 5.02 Å². The van der Waals surface area contributed by atoms with Crippen molar-refractivity contribution < 1.29 is 9.05 Å². The maximum absolute atomic E-state index is 6.01. The van der Waals surface area contributed by atoms with E-state index in [-0.39, 0.29) is 11.3 Å². The van der Waals surface area contributed by atoms with E-state index in [1.54, 1.807) is 30.5 Å². The van der Waals surface area contributed by atoms with E-state index in [2.05, 4.69) is 40.8 Å². The van der Waals surface area contributed by atoms with Gasteiger partial charge in [0, 0.05) is 10.7 Å². The van der Waals surface area contributed by atoms with Crippen LogP contribution >= 0.6 is 11.6 Å². The number of hydrogen-bond donors (Lipinski definition) is 2. The van der Waals surface area contributed by atoms with Gasteiger partial charge in [0.1, 0.15) is 5.76 Å². The fraction of sp³-hybridized carbons (Fsp3) is 0. The number of hydrogen-bond acceptors (Lipinski definition) is 9. The van der Waals surface area contributed by atoms with Gasteiger partial charge in [0.25, 0.3) is 0 Å². The highest BCUT2D eigenvalue weighted by molar-refractivity contribution is 6.30. The summed E-state index contributed by atoms with van der Waals surface area (Å²) in [5, 5.41) is 15.2. The Morgan fingerprint density at radius 1 is 1.04 bits per heavy atom. The van der Waals surface area contributed by atoms with Crippen LogP contribution in [0.25, 0.3) is 11.3 Å². The van der Waals surface area contributed by atoms with Gasteiger partial charge in [-0.05, 0) is 40.6 Å². The third-order valence-electron chi connectivity index (χ3n) is 3.11. The molecule has 0 spiro atoms. The molecular formula is C15H10ClN7O2. The molecule has 124 valence electrons. The molecule has 0 atom stereocenters. The van der Waals surface area contributed by atoms with Crippen LogP contribution in [-0.4, -0.2) is 26.5 Å². The van der Waals surface area contributed by atoms with E-state index in [0.717, 1.165) is 5.69 Å². The number of nitrogens with one attached hydrogen (secondary N) is 2. The van der Waals surface area contributed by atoms with E-state index in [1.165, 1.54) is 6.21 Å². The molecule has 0 amide bonds. The summed E-state index contributed by atoms with van der Waals surface area (Å²) in [5.41, 5.74) is 4.06. The zero-order valence-corrected chi connectivity index (χ0v) is 13.3. The fourth-order valence-corrected chi connectivity index (χ4v) is 2.22. The number of nitrogens with zero attached hydrogens (tertiary/aromatic N) is 5. The molecule has 0 radical (unpaired) electrons. The van der Waals surface area contributed by atoms with Gasteiger partial charge < -0.3 is 9.73 Å². The van der Waals surface area contributed by atoms with Crippen LogP contribution in [0.3, 0.4) is 0 Å². The van der Waals surface area contributed by atoms with Gasteiger partial charge in [-0.25, -0.2) is 9.61 Å². The molecule has 2 N–H and O–H groups in total. The van der Waals surface area contributed by atoms with Gasteiger partial charge in [-0.2, -0.15) is 10.1 Å². The number of halogens is 1. The normalized spacial score (nSPS) is 11.2. The molecule has 0 unspecified atom stereocenters. The van der Waals surface area contributed by atoms with Crippen molar-refractivity contribution in [3.05, 3.63) is 53.4 Å². The first-order chi connectivity index (χ1) is 12.3. The standard InChI is InChI=1S/C15H10ClN7O2/c16-9-3-1-4-10(7-9)18-12-13(20-15-14(19-12)22-25-23-15)21-17-8-11-5-2-6-24-11/h1-8H,(H,18,19,22)(H,20,21,23). The van der Waals surface area contributed by atoms with E-state index in [9.17, 15) is 0 Å². The van der Waals surface area contributed by atoms with Gasteiger partial charge in [-0.1, -0.05) is 17.7 Å². The Bertz CT molecular complexity index is 1030. The second-order valence-corrected chi connectivity index (χ2v) is 5.29. The largest absolute Gasteiger partial charge is 0.463 e. The first kappa shape index (κ1) is 15.1. The fourth-order valence-electron chi connectivity index (χ4n) is 2.03. The maximum atomic E-state index is 6.01. The van der Waals surface area contributed by atoms with Crippen LogP contribution in [0.4, 0.5) is 17.3 Å². The minimum absolute atomic E-state index is 0.257. The third kappa shape index (κ3) is 3.40. The van der Waals surface area contributed by atoms with Gasteiger partial charge in [0.2, 0.25) is 11.3 Å². The molecule has 0 aliphatic heterocycles. The first-order valence-electron chi connectivity index (χ1n) is 7.13. The lowest BCUT2D eigenvalue weighted by Crippen LogP contribution is -2.03. The number of hydrazone groups is 1. The number of benzene rings is 1. The molecule has 1 aromatic carbocycles. The molecule has 4 aromatic rings. The van der Waals surface area contributed by atoms with Gasteiger partial charge >= 0.3 is 0 Å². The molecule has 0 saturated heterocycles. The molecule has 0 saturated carbocycles. The maximum Gasteiger partial charge on any atom is 0.245 e. The van der Waals surface area contributed by atoms with E-state index in [4.69, 9.17) is 16.0 Å². The molecule has 0 aliphatic carbocycles. The SMILES string of the molecule is Clc1cccc(Nc2nc3nonc3nc2NN=Cc2ccco2)c1. The van der Waals surface area contributed by atoms with Crippen molar-refractivity contribution in [1.29, 1.82) is 0 Å². The number of rotatable bonds is 5. The van der Waals surface area contributed by atoms with Gasteiger partial charge in [0.15, 0.2) is 11.6 Å². The Balaban J connectivity index is 1.65. The lowest BCUT2D eigenvalue weighted by molar-refractivity contribution is 0.314. The predicted octanol–water partition coefficient (Wildman–Crippen LogP) is 3.45. The van der Waals surface area contributed by atoms with Crippen molar-refractivity contribution >= 4 is 46.4 Å². The molecule has 0 fully saturated rings. The van der Waals surface area contributed by atoms with Crippen molar-refractivity contribution in [3.8, 4) is 0 Å². The second kappa shape index (κ2) is 6.57. The third-order valence-corrected chi connectivity index (χ3v) is 3.34. The molecule has 25 heavy (non-hydrogen) atoms. The molecule has 0 bridgehead atoms. The number of furan rings is 1. The Morgan fingerprint density at radius 2 is 1.88 bits per heavy atom. The highest BCUT2D eigenvalue weighted by Gasteiger charge is 2.12. The zero-order chi connectivity index (χ0) is 17.1. The summed E-state index contributed by atoms with van der Waals surface area (Å²) in [6, 6.07) is 10.7. The number of fused-ring (bicyclic) bond motifs is 1. The van der Waals surface area contributed by atoms with E-state index >= 15 is 0 Å². The lowest BCUT2D eigenvalue weighted by Gasteiger charge is -2.09. The topological polar surface area (TPSA) is 114 Å².